The van der Waals surface area contributed by atoms with Crippen molar-refractivity contribution in [3.05, 3.63) is 112 Å². The van der Waals surface area contributed by atoms with Gasteiger partial charge in [0.2, 0.25) is 0 Å². The number of halogens is 2. The third kappa shape index (κ3) is 5.76. The van der Waals surface area contributed by atoms with Crippen LogP contribution in [0.1, 0.15) is 24.1 Å². The molecule has 0 radical (unpaired) electrons. The Labute approximate surface area is 228 Å². The highest BCUT2D eigenvalue weighted by Gasteiger charge is 2.13. The fourth-order valence-electron chi connectivity index (χ4n) is 3.96. The van der Waals surface area contributed by atoms with Crippen molar-refractivity contribution in [1.82, 2.24) is 19.9 Å². The van der Waals surface area contributed by atoms with Gasteiger partial charge in [-0.05, 0) is 52.2 Å². The van der Waals surface area contributed by atoms with Crippen LogP contribution in [0.25, 0.3) is 16.9 Å². The highest BCUT2D eigenvalue weighted by atomic mass is 79.9. The highest BCUT2D eigenvalue weighted by molar-refractivity contribution is 9.10. The van der Waals surface area contributed by atoms with Crippen molar-refractivity contribution >= 4 is 50.7 Å². The topological polar surface area (TPSA) is 83.4 Å². The van der Waals surface area contributed by atoms with Crippen LogP contribution in [0.5, 0.6) is 0 Å². The molecule has 0 aliphatic carbocycles. The Bertz CT molecular complexity index is 1540. The average molecular weight is 576 g/mol. The minimum Gasteiger partial charge on any atom is -0.366 e. The molecule has 0 aliphatic heterocycles. The van der Waals surface area contributed by atoms with Crippen LogP contribution in [0.4, 0.5) is 16.3 Å². The van der Waals surface area contributed by atoms with Gasteiger partial charge in [-0.2, -0.15) is 9.61 Å². The van der Waals surface area contributed by atoms with Gasteiger partial charge in [0.25, 0.3) is 0 Å². The van der Waals surface area contributed by atoms with E-state index in [0.29, 0.717) is 22.9 Å². The molecule has 0 saturated carbocycles. The molecule has 3 aromatic carbocycles. The molecule has 2 heterocycles. The summed E-state index contributed by atoms with van der Waals surface area (Å²) >= 11 is 9.96. The Morgan fingerprint density at radius 3 is 2.51 bits per heavy atom. The molecule has 186 valence electrons. The molecule has 5 aromatic rings. The monoisotopic (exact) mass is 574 g/mol. The van der Waals surface area contributed by atoms with Crippen LogP contribution in [-0.4, -0.2) is 20.6 Å². The molecule has 0 bridgehead atoms. The van der Waals surface area contributed by atoms with Crippen LogP contribution in [0, 0.1) is 0 Å². The first kappa shape index (κ1) is 24.8. The van der Waals surface area contributed by atoms with E-state index in [-0.39, 0.29) is 12.1 Å². The predicted molar refractivity (Wildman–Crippen MR) is 152 cm³/mol. The van der Waals surface area contributed by atoms with Gasteiger partial charge < -0.3 is 16.0 Å². The van der Waals surface area contributed by atoms with Crippen molar-refractivity contribution in [3.63, 3.8) is 0 Å². The minimum atomic E-state index is -0.252. The average Bonchev–Trinajstić information content (AvgIpc) is 3.29. The number of anilines is 2. The molecule has 2 amide bonds. The largest absolute Gasteiger partial charge is 0.366 e. The van der Waals surface area contributed by atoms with Gasteiger partial charge in [-0.15, -0.1) is 0 Å². The van der Waals surface area contributed by atoms with Gasteiger partial charge in [0.05, 0.1) is 22.4 Å². The van der Waals surface area contributed by atoms with Crippen LogP contribution in [0.15, 0.2) is 95.6 Å². The number of aromatic nitrogens is 3. The number of rotatable bonds is 7. The zero-order chi connectivity index (χ0) is 25.8. The number of carbonyl (C=O) groups excluding carboxylic acids is 1. The highest BCUT2D eigenvalue weighted by Crippen LogP contribution is 2.30. The first-order chi connectivity index (χ1) is 18.0. The molecule has 7 nitrogen and oxygen atoms in total. The van der Waals surface area contributed by atoms with E-state index in [1.165, 1.54) is 0 Å². The van der Waals surface area contributed by atoms with Gasteiger partial charge in [-0.25, -0.2) is 9.78 Å². The van der Waals surface area contributed by atoms with Crippen LogP contribution >= 0.6 is 27.5 Å². The minimum absolute atomic E-state index is 0.0973. The second kappa shape index (κ2) is 11.0. The molecular weight excluding hydrogens is 552 g/mol. The summed E-state index contributed by atoms with van der Waals surface area (Å²) < 4.78 is 2.54. The lowest BCUT2D eigenvalue weighted by Gasteiger charge is -2.15. The maximum absolute atomic E-state index is 12.4. The zero-order valence-corrected chi connectivity index (χ0v) is 22.3. The molecule has 0 saturated heterocycles. The van der Waals surface area contributed by atoms with Crippen molar-refractivity contribution in [2.45, 2.75) is 19.5 Å². The third-order valence-corrected chi connectivity index (χ3v) is 6.80. The summed E-state index contributed by atoms with van der Waals surface area (Å²) in [5.41, 5.74) is 5.08. The van der Waals surface area contributed by atoms with Gasteiger partial charge in [0, 0.05) is 28.9 Å². The van der Waals surface area contributed by atoms with Gasteiger partial charge in [0.1, 0.15) is 5.82 Å². The van der Waals surface area contributed by atoms with E-state index in [4.69, 9.17) is 16.6 Å². The van der Waals surface area contributed by atoms with E-state index in [0.717, 1.165) is 32.7 Å². The molecule has 3 N–H and O–H groups in total. The van der Waals surface area contributed by atoms with Crippen LogP contribution in [0.3, 0.4) is 0 Å². The molecule has 1 unspecified atom stereocenters. The number of benzene rings is 3. The van der Waals surface area contributed by atoms with Gasteiger partial charge in [-0.3, -0.25) is 0 Å². The fraction of sp³-hybridized carbons (Fsp3) is 0.107. The van der Waals surface area contributed by atoms with Crippen LogP contribution < -0.4 is 16.0 Å². The van der Waals surface area contributed by atoms with E-state index in [2.05, 4.69) is 37.0 Å². The Kier molecular flexibility index (Phi) is 7.39. The van der Waals surface area contributed by atoms with Crippen molar-refractivity contribution in [1.29, 1.82) is 0 Å². The van der Waals surface area contributed by atoms with Crippen molar-refractivity contribution < 1.29 is 4.79 Å². The lowest BCUT2D eigenvalue weighted by Crippen LogP contribution is -2.31. The summed E-state index contributed by atoms with van der Waals surface area (Å²) in [6, 6.07) is 26.7. The van der Waals surface area contributed by atoms with E-state index in [1.807, 2.05) is 91.9 Å². The number of amides is 2. The van der Waals surface area contributed by atoms with Crippen LogP contribution in [0.2, 0.25) is 5.02 Å². The smallest absolute Gasteiger partial charge is 0.319 e. The Hall–Kier alpha value is -3.88. The van der Waals surface area contributed by atoms with E-state index >= 15 is 0 Å². The standard InChI is InChI=1S/C28H24BrClN6O/c1-18(20-7-3-2-4-8-20)33-28(37)34-21-13-11-19(12-14-21)16-31-26-15-25(22-9-5-6-10-24(22)30)35-27-23(29)17-32-36(26)27/h2-15,17-18,31H,16H2,1H3,(H2,33,34,37). The number of nitrogens with zero attached hydrogens (tertiary/aromatic N) is 3. The Morgan fingerprint density at radius 1 is 1.03 bits per heavy atom. The van der Waals surface area contributed by atoms with Gasteiger partial charge in [0.15, 0.2) is 5.65 Å². The molecule has 1 atom stereocenters. The summed E-state index contributed by atoms with van der Waals surface area (Å²) in [6.45, 7) is 2.51. The quantitative estimate of drug-likeness (QED) is 0.190. The summed E-state index contributed by atoms with van der Waals surface area (Å²) in [5, 5.41) is 14.4. The maximum atomic E-state index is 12.4. The molecule has 0 fully saturated rings. The second-order valence-corrected chi connectivity index (χ2v) is 9.78. The number of nitrogens with one attached hydrogen (secondary N) is 3. The molecule has 9 heteroatoms. The normalized spacial score (nSPS) is 11.8. The summed E-state index contributed by atoms with van der Waals surface area (Å²) in [5.74, 6) is 0.780. The lowest BCUT2D eigenvalue weighted by molar-refractivity contribution is 0.249. The number of hydrogen-bond acceptors (Lipinski definition) is 4. The van der Waals surface area contributed by atoms with Crippen molar-refractivity contribution in [3.8, 4) is 11.3 Å². The van der Waals surface area contributed by atoms with Gasteiger partial charge >= 0.3 is 6.03 Å². The first-order valence-electron chi connectivity index (χ1n) is 11.7. The molecule has 5 rings (SSSR count). The van der Waals surface area contributed by atoms with Gasteiger partial charge in [-0.1, -0.05) is 72.3 Å². The summed E-state index contributed by atoms with van der Waals surface area (Å²) in [6.07, 6.45) is 1.72. The maximum Gasteiger partial charge on any atom is 0.319 e. The Balaban J connectivity index is 1.27. The second-order valence-electron chi connectivity index (χ2n) is 8.52. The first-order valence-corrected chi connectivity index (χ1v) is 12.9. The fourth-order valence-corrected chi connectivity index (χ4v) is 4.54. The molecular formula is C28H24BrClN6O. The number of fused-ring (bicyclic) bond motifs is 1. The number of carbonyl (C=O) groups is 1. The predicted octanol–water partition coefficient (Wildman–Crippen LogP) is 7.31. The van der Waals surface area contributed by atoms with Crippen molar-refractivity contribution in [2.24, 2.45) is 0 Å². The lowest BCUT2D eigenvalue weighted by atomic mass is 10.1. The molecule has 37 heavy (non-hydrogen) atoms. The SMILES string of the molecule is CC(NC(=O)Nc1ccc(CNc2cc(-c3ccccc3Cl)nc3c(Br)cnn23)cc1)c1ccccc1. The molecule has 0 spiro atoms. The van der Waals surface area contributed by atoms with E-state index in [9.17, 15) is 4.79 Å². The molecule has 0 aliphatic rings. The Morgan fingerprint density at radius 2 is 1.76 bits per heavy atom. The summed E-state index contributed by atoms with van der Waals surface area (Å²) in [4.78, 5) is 17.2. The zero-order valence-electron chi connectivity index (χ0n) is 20.0. The summed E-state index contributed by atoms with van der Waals surface area (Å²) in [7, 11) is 0. The van der Waals surface area contributed by atoms with E-state index < -0.39 is 0 Å². The third-order valence-electron chi connectivity index (χ3n) is 5.91. The molecule has 2 aromatic heterocycles. The number of hydrogen-bond donors (Lipinski definition) is 3. The number of urea groups is 1. The van der Waals surface area contributed by atoms with Crippen molar-refractivity contribution in [2.75, 3.05) is 10.6 Å². The van der Waals surface area contributed by atoms with Crippen LogP contribution in [-0.2, 0) is 6.54 Å². The van der Waals surface area contributed by atoms with E-state index in [1.54, 1.807) is 10.7 Å².